The molecule has 3 nitrogen and oxygen atoms in total. The van der Waals surface area contributed by atoms with Crippen molar-refractivity contribution in [2.75, 3.05) is 6.54 Å². The summed E-state index contributed by atoms with van der Waals surface area (Å²) in [5, 5.41) is 0. The van der Waals surface area contributed by atoms with Gasteiger partial charge in [0.1, 0.15) is 5.82 Å². The SMILES string of the molecule is CC(C)CC(CN)Cc1ncc(-c2ccccc2Br)[nH]1. The van der Waals surface area contributed by atoms with E-state index >= 15 is 0 Å². The molecule has 0 radical (unpaired) electrons. The molecule has 0 bridgehead atoms. The van der Waals surface area contributed by atoms with Gasteiger partial charge in [0.05, 0.1) is 11.9 Å². The van der Waals surface area contributed by atoms with Crippen molar-refractivity contribution in [3.63, 3.8) is 0 Å². The van der Waals surface area contributed by atoms with Gasteiger partial charge in [-0.15, -0.1) is 0 Å². The van der Waals surface area contributed by atoms with E-state index in [-0.39, 0.29) is 0 Å². The third-order valence-corrected chi connectivity index (χ3v) is 4.10. The number of rotatable bonds is 6. The minimum atomic E-state index is 0.494. The minimum absolute atomic E-state index is 0.494. The first-order valence-corrected chi connectivity index (χ1v) is 7.88. The number of H-pyrrole nitrogens is 1. The maximum absolute atomic E-state index is 5.86. The van der Waals surface area contributed by atoms with E-state index in [0.29, 0.717) is 18.4 Å². The van der Waals surface area contributed by atoms with E-state index < -0.39 is 0 Å². The predicted molar refractivity (Wildman–Crippen MR) is 87.4 cm³/mol. The van der Waals surface area contributed by atoms with E-state index in [2.05, 4.69) is 45.8 Å². The number of nitrogens with zero attached hydrogens (tertiary/aromatic N) is 1. The number of nitrogens with one attached hydrogen (secondary N) is 1. The van der Waals surface area contributed by atoms with Gasteiger partial charge in [-0.2, -0.15) is 0 Å². The van der Waals surface area contributed by atoms with Gasteiger partial charge >= 0.3 is 0 Å². The first-order valence-electron chi connectivity index (χ1n) is 7.09. The highest BCUT2D eigenvalue weighted by Gasteiger charge is 2.13. The molecular formula is C16H22BrN3. The number of hydrogen-bond acceptors (Lipinski definition) is 2. The Morgan fingerprint density at radius 2 is 2.05 bits per heavy atom. The summed E-state index contributed by atoms with van der Waals surface area (Å²) in [6, 6.07) is 8.16. The number of imidazole rings is 1. The van der Waals surface area contributed by atoms with Gasteiger partial charge in [0, 0.05) is 16.5 Å². The average Bonchev–Trinajstić information content (AvgIpc) is 2.86. The van der Waals surface area contributed by atoms with Gasteiger partial charge in [0.25, 0.3) is 0 Å². The molecule has 0 saturated heterocycles. The number of aromatic nitrogens is 2. The third kappa shape index (κ3) is 3.93. The largest absolute Gasteiger partial charge is 0.342 e. The molecule has 1 heterocycles. The normalized spacial score (nSPS) is 12.8. The van der Waals surface area contributed by atoms with E-state index in [1.54, 1.807) is 0 Å². The van der Waals surface area contributed by atoms with Crippen LogP contribution in [0.3, 0.4) is 0 Å². The van der Waals surface area contributed by atoms with Crippen LogP contribution in [0.15, 0.2) is 34.9 Å². The fourth-order valence-corrected chi connectivity index (χ4v) is 2.98. The summed E-state index contributed by atoms with van der Waals surface area (Å²) in [5.41, 5.74) is 8.05. The second-order valence-electron chi connectivity index (χ2n) is 5.66. The molecule has 2 aromatic rings. The number of halogens is 1. The summed E-state index contributed by atoms with van der Waals surface area (Å²) >= 11 is 3.57. The van der Waals surface area contributed by atoms with Crippen LogP contribution in [0.4, 0.5) is 0 Å². The van der Waals surface area contributed by atoms with E-state index in [4.69, 9.17) is 5.73 Å². The second-order valence-corrected chi connectivity index (χ2v) is 6.51. The zero-order valence-corrected chi connectivity index (χ0v) is 13.7. The van der Waals surface area contributed by atoms with Crippen LogP contribution in [0, 0.1) is 11.8 Å². The van der Waals surface area contributed by atoms with Gasteiger partial charge in [-0.25, -0.2) is 4.98 Å². The molecule has 0 aliphatic rings. The van der Waals surface area contributed by atoms with E-state index in [0.717, 1.165) is 34.4 Å². The van der Waals surface area contributed by atoms with Crippen LogP contribution in [0.2, 0.25) is 0 Å². The van der Waals surface area contributed by atoms with Crippen LogP contribution in [0.25, 0.3) is 11.3 Å². The average molecular weight is 336 g/mol. The summed E-state index contributed by atoms with van der Waals surface area (Å²) in [6.45, 7) is 5.18. The third-order valence-electron chi connectivity index (χ3n) is 3.41. The molecule has 1 aromatic carbocycles. The Kier molecular flexibility index (Phi) is 5.38. The van der Waals surface area contributed by atoms with Gasteiger partial charge < -0.3 is 10.7 Å². The topological polar surface area (TPSA) is 54.7 Å². The van der Waals surface area contributed by atoms with E-state index in [1.807, 2.05) is 24.4 Å². The molecule has 4 heteroatoms. The minimum Gasteiger partial charge on any atom is -0.342 e. The first-order chi connectivity index (χ1) is 9.60. The van der Waals surface area contributed by atoms with Gasteiger partial charge in [0.2, 0.25) is 0 Å². The lowest BCUT2D eigenvalue weighted by molar-refractivity contribution is 0.409. The molecule has 2 rings (SSSR count). The molecular weight excluding hydrogens is 314 g/mol. The van der Waals surface area contributed by atoms with Crippen molar-refractivity contribution in [3.05, 3.63) is 40.8 Å². The fraction of sp³-hybridized carbons (Fsp3) is 0.438. The molecule has 1 atom stereocenters. The number of nitrogens with two attached hydrogens (primary N) is 1. The lowest BCUT2D eigenvalue weighted by Gasteiger charge is -2.15. The first kappa shape index (κ1) is 15.3. The van der Waals surface area contributed by atoms with Crippen molar-refractivity contribution in [2.45, 2.75) is 26.7 Å². The number of aromatic amines is 1. The number of hydrogen-bond donors (Lipinski definition) is 2. The quantitative estimate of drug-likeness (QED) is 0.838. The van der Waals surface area contributed by atoms with Crippen molar-refractivity contribution in [1.82, 2.24) is 9.97 Å². The lowest BCUT2D eigenvalue weighted by atomic mass is 9.94. The Morgan fingerprint density at radius 3 is 2.70 bits per heavy atom. The molecule has 0 saturated carbocycles. The van der Waals surface area contributed by atoms with Crippen molar-refractivity contribution in [3.8, 4) is 11.3 Å². The van der Waals surface area contributed by atoms with Crippen molar-refractivity contribution in [2.24, 2.45) is 17.6 Å². The molecule has 0 aliphatic carbocycles. The van der Waals surface area contributed by atoms with Crippen molar-refractivity contribution in [1.29, 1.82) is 0 Å². The second kappa shape index (κ2) is 7.04. The Hall–Kier alpha value is -1.13. The maximum Gasteiger partial charge on any atom is 0.106 e. The summed E-state index contributed by atoms with van der Waals surface area (Å²) in [4.78, 5) is 7.91. The molecule has 0 aliphatic heterocycles. The van der Waals surface area contributed by atoms with Crippen LogP contribution >= 0.6 is 15.9 Å². The summed E-state index contributed by atoms with van der Waals surface area (Å²) < 4.78 is 1.08. The number of benzene rings is 1. The van der Waals surface area contributed by atoms with Gasteiger partial charge in [-0.3, -0.25) is 0 Å². The monoisotopic (exact) mass is 335 g/mol. The van der Waals surface area contributed by atoms with Crippen LogP contribution in [0.1, 0.15) is 26.1 Å². The summed E-state index contributed by atoms with van der Waals surface area (Å²) in [7, 11) is 0. The maximum atomic E-state index is 5.86. The molecule has 0 amide bonds. The molecule has 0 fully saturated rings. The Morgan fingerprint density at radius 1 is 1.30 bits per heavy atom. The standard InChI is InChI=1S/C16H22BrN3/c1-11(2)7-12(9-18)8-16-19-10-15(20-16)13-5-3-4-6-14(13)17/h3-6,10-12H,7-9,18H2,1-2H3,(H,19,20). The lowest BCUT2D eigenvalue weighted by Crippen LogP contribution is -2.19. The Bertz CT molecular complexity index is 548. The molecule has 0 spiro atoms. The summed E-state index contributed by atoms with van der Waals surface area (Å²) in [6.07, 6.45) is 3.96. The molecule has 20 heavy (non-hydrogen) atoms. The summed E-state index contributed by atoms with van der Waals surface area (Å²) in [5.74, 6) is 2.18. The Labute approximate surface area is 129 Å². The van der Waals surface area contributed by atoms with Crippen molar-refractivity contribution < 1.29 is 0 Å². The van der Waals surface area contributed by atoms with Crippen LogP contribution in [0.5, 0.6) is 0 Å². The van der Waals surface area contributed by atoms with E-state index in [1.165, 1.54) is 0 Å². The zero-order valence-electron chi connectivity index (χ0n) is 12.1. The highest BCUT2D eigenvalue weighted by Crippen LogP contribution is 2.26. The van der Waals surface area contributed by atoms with Crippen LogP contribution < -0.4 is 5.73 Å². The van der Waals surface area contributed by atoms with Gasteiger partial charge in [-0.1, -0.05) is 48.0 Å². The van der Waals surface area contributed by atoms with Crippen LogP contribution in [-0.4, -0.2) is 16.5 Å². The molecule has 1 unspecified atom stereocenters. The van der Waals surface area contributed by atoms with Crippen LogP contribution in [-0.2, 0) is 6.42 Å². The van der Waals surface area contributed by atoms with E-state index in [9.17, 15) is 0 Å². The van der Waals surface area contributed by atoms with Crippen molar-refractivity contribution >= 4 is 15.9 Å². The molecule has 108 valence electrons. The van der Waals surface area contributed by atoms with Gasteiger partial charge in [0.15, 0.2) is 0 Å². The smallest absolute Gasteiger partial charge is 0.106 e. The zero-order chi connectivity index (χ0) is 14.5. The highest BCUT2D eigenvalue weighted by atomic mass is 79.9. The molecule has 1 aromatic heterocycles. The Balaban J connectivity index is 2.11. The fourth-order valence-electron chi connectivity index (χ4n) is 2.49. The van der Waals surface area contributed by atoms with Gasteiger partial charge in [-0.05, 0) is 30.9 Å². The predicted octanol–water partition coefficient (Wildman–Crippen LogP) is 4.00. The highest BCUT2D eigenvalue weighted by molar-refractivity contribution is 9.10. The molecule has 3 N–H and O–H groups in total.